The van der Waals surface area contributed by atoms with Crippen molar-refractivity contribution in [3.05, 3.63) is 40.7 Å². The molecule has 0 saturated carbocycles. The Morgan fingerprint density at radius 1 is 1.22 bits per heavy atom. The zero-order valence-corrected chi connectivity index (χ0v) is 16.4. The molecule has 0 aliphatic carbocycles. The first-order chi connectivity index (χ1) is 13.0. The Morgan fingerprint density at radius 2 is 1.89 bits per heavy atom. The van der Waals surface area contributed by atoms with E-state index in [1.54, 1.807) is 16.2 Å². The lowest BCUT2D eigenvalue weighted by Gasteiger charge is -2.35. The van der Waals surface area contributed by atoms with Gasteiger partial charge in [0.25, 0.3) is 0 Å². The fourth-order valence-corrected chi connectivity index (χ4v) is 3.31. The van der Waals surface area contributed by atoms with E-state index in [0.717, 1.165) is 31.9 Å². The number of hydrogen-bond donors (Lipinski definition) is 0. The van der Waals surface area contributed by atoms with Gasteiger partial charge in [-0.2, -0.15) is 5.10 Å². The molecule has 1 aliphatic rings. The summed E-state index contributed by atoms with van der Waals surface area (Å²) >= 11 is 5.45. The van der Waals surface area contributed by atoms with Crippen LogP contribution in [0.5, 0.6) is 0 Å². The SMILES string of the molecule is CCOC(=O)Cc1nn(CN2CCN(c3ccc(F)cc3)CC2)c(=S)n1C. The Bertz CT molecular complexity index is 840. The van der Waals surface area contributed by atoms with Gasteiger partial charge in [-0.15, -0.1) is 0 Å². The summed E-state index contributed by atoms with van der Waals surface area (Å²) in [6.45, 7) is 6.10. The van der Waals surface area contributed by atoms with E-state index in [4.69, 9.17) is 17.0 Å². The molecule has 0 radical (unpaired) electrons. The molecule has 7 nitrogen and oxygen atoms in total. The zero-order valence-electron chi connectivity index (χ0n) is 15.6. The van der Waals surface area contributed by atoms with Crippen LogP contribution in [0.4, 0.5) is 10.1 Å². The minimum atomic E-state index is -0.305. The molecular formula is C18H24FN5O2S. The van der Waals surface area contributed by atoms with Crippen LogP contribution in [0, 0.1) is 10.6 Å². The number of ether oxygens (including phenoxy) is 1. The second-order valence-electron chi connectivity index (χ2n) is 6.46. The van der Waals surface area contributed by atoms with Gasteiger partial charge in [0.05, 0.1) is 13.3 Å². The molecule has 2 heterocycles. The Kier molecular flexibility index (Phi) is 6.22. The van der Waals surface area contributed by atoms with Crippen LogP contribution in [-0.4, -0.2) is 58.0 Å². The highest BCUT2D eigenvalue weighted by molar-refractivity contribution is 7.71. The monoisotopic (exact) mass is 393 g/mol. The first kappa shape index (κ1) is 19.5. The molecule has 1 aromatic carbocycles. The molecule has 1 fully saturated rings. The van der Waals surface area contributed by atoms with E-state index in [9.17, 15) is 9.18 Å². The van der Waals surface area contributed by atoms with Gasteiger partial charge in [-0.05, 0) is 43.4 Å². The molecule has 1 aliphatic heterocycles. The van der Waals surface area contributed by atoms with E-state index in [1.165, 1.54) is 12.1 Å². The van der Waals surface area contributed by atoms with Crippen LogP contribution in [0.1, 0.15) is 12.7 Å². The van der Waals surface area contributed by atoms with Crippen LogP contribution in [0.15, 0.2) is 24.3 Å². The van der Waals surface area contributed by atoms with Gasteiger partial charge in [-0.1, -0.05) is 0 Å². The number of nitrogens with zero attached hydrogens (tertiary/aromatic N) is 5. The maximum absolute atomic E-state index is 13.1. The molecule has 27 heavy (non-hydrogen) atoms. The predicted molar refractivity (Wildman–Crippen MR) is 103 cm³/mol. The highest BCUT2D eigenvalue weighted by Crippen LogP contribution is 2.17. The van der Waals surface area contributed by atoms with Crippen molar-refractivity contribution in [3.63, 3.8) is 0 Å². The van der Waals surface area contributed by atoms with E-state index >= 15 is 0 Å². The summed E-state index contributed by atoms with van der Waals surface area (Å²) in [5, 5.41) is 4.49. The fourth-order valence-electron chi connectivity index (χ4n) is 3.11. The number of piperazine rings is 1. The van der Waals surface area contributed by atoms with Crippen LogP contribution >= 0.6 is 12.2 Å². The zero-order chi connectivity index (χ0) is 19.4. The largest absolute Gasteiger partial charge is 0.466 e. The number of aromatic nitrogens is 3. The predicted octanol–water partition coefficient (Wildman–Crippen LogP) is 1.98. The minimum Gasteiger partial charge on any atom is -0.466 e. The summed E-state index contributed by atoms with van der Waals surface area (Å²) < 4.78 is 22.1. The second kappa shape index (κ2) is 8.62. The van der Waals surface area contributed by atoms with E-state index in [2.05, 4.69) is 14.9 Å². The molecule has 0 unspecified atom stereocenters. The molecule has 3 rings (SSSR count). The first-order valence-corrected chi connectivity index (χ1v) is 9.40. The summed E-state index contributed by atoms with van der Waals surface area (Å²) in [7, 11) is 1.81. The lowest BCUT2D eigenvalue weighted by atomic mass is 10.2. The Hall–Kier alpha value is -2.26. The normalized spacial score (nSPS) is 15.1. The van der Waals surface area contributed by atoms with Crippen molar-refractivity contribution in [3.8, 4) is 0 Å². The Morgan fingerprint density at radius 3 is 2.52 bits per heavy atom. The van der Waals surface area contributed by atoms with E-state index in [1.807, 2.05) is 19.2 Å². The van der Waals surface area contributed by atoms with E-state index in [0.29, 0.717) is 23.9 Å². The molecule has 0 atom stereocenters. The third-order valence-electron chi connectivity index (χ3n) is 4.64. The number of halogens is 1. The molecule has 0 bridgehead atoms. The van der Waals surface area contributed by atoms with Crippen molar-refractivity contribution in [1.29, 1.82) is 0 Å². The third-order valence-corrected chi connectivity index (χ3v) is 5.12. The summed E-state index contributed by atoms with van der Waals surface area (Å²) in [4.78, 5) is 16.2. The van der Waals surface area contributed by atoms with Crippen LogP contribution in [0.2, 0.25) is 0 Å². The molecule has 1 saturated heterocycles. The smallest absolute Gasteiger partial charge is 0.313 e. The molecule has 146 valence electrons. The number of esters is 1. The van der Waals surface area contributed by atoms with Gasteiger partial charge in [0.2, 0.25) is 0 Å². The number of benzene rings is 1. The van der Waals surface area contributed by atoms with Crippen molar-refractivity contribution in [2.45, 2.75) is 20.0 Å². The van der Waals surface area contributed by atoms with Crippen molar-refractivity contribution in [2.75, 3.05) is 37.7 Å². The molecule has 0 amide bonds. The number of carbonyl (C=O) groups excluding carboxylic acids is 1. The van der Waals surface area contributed by atoms with Gasteiger partial charge < -0.3 is 14.2 Å². The molecule has 2 aromatic rings. The maximum Gasteiger partial charge on any atom is 0.313 e. The van der Waals surface area contributed by atoms with Crippen molar-refractivity contribution in [2.24, 2.45) is 7.05 Å². The van der Waals surface area contributed by atoms with Gasteiger partial charge in [-0.3, -0.25) is 9.69 Å². The average Bonchev–Trinajstić information content (AvgIpc) is 2.91. The number of hydrogen-bond acceptors (Lipinski definition) is 6. The summed E-state index contributed by atoms with van der Waals surface area (Å²) in [5.41, 5.74) is 1.03. The number of rotatable bonds is 6. The van der Waals surface area contributed by atoms with Crippen LogP contribution in [0.25, 0.3) is 0 Å². The lowest BCUT2D eigenvalue weighted by molar-refractivity contribution is -0.142. The Labute approximate surface area is 162 Å². The topological polar surface area (TPSA) is 55.5 Å². The Balaban J connectivity index is 1.59. The number of anilines is 1. The van der Waals surface area contributed by atoms with Gasteiger partial charge in [0, 0.05) is 38.9 Å². The van der Waals surface area contributed by atoms with E-state index in [-0.39, 0.29) is 18.2 Å². The van der Waals surface area contributed by atoms with E-state index < -0.39 is 0 Å². The fraction of sp³-hybridized carbons (Fsp3) is 0.500. The lowest BCUT2D eigenvalue weighted by Crippen LogP contribution is -2.47. The van der Waals surface area contributed by atoms with Gasteiger partial charge in [-0.25, -0.2) is 9.07 Å². The third kappa shape index (κ3) is 4.72. The van der Waals surface area contributed by atoms with Gasteiger partial charge >= 0.3 is 5.97 Å². The van der Waals surface area contributed by atoms with Crippen LogP contribution in [-0.2, 0) is 29.7 Å². The quantitative estimate of drug-likeness (QED) is 0.553. The highest BCUT2D eigenvalue weighted by atomic mass is 32.1. The minimum absolute atomic E-state index is 0.110. The van der Waals surface area contributed by atoms with Crippen molar-refractivity contribution >= 4 is 23.9 Å². The highest BCUT2D eigenvalue weighted by Gasteiger charge is 2.19. The summed E-state index contributed by atoms with van der Waals surface area (Å²) in [6.07, 6.45) is 0.110. The molecule has 0 spiro atoms. The maximum atomic E-state index is 13.1. The standard InChI is InChI=1S/C18H24FN5O2S/c1-3-26-17(25)12-16-20-24(18(27)21(16)2)13-22-8-10-23(11-9-22)15-6-4-14(19)5-7-15/h4-7H,3,8-13H2,1-2H3. The molecular weight excluding hydrogens is 369 g/mol. The number of carbonyl (C=O) groups is 1. The van der Waals surface area contributed by atoms with Gasteiger partial charge in [0.1, 0.15) is 18.1 Å². The van der Waals surface area contributed by atoms with Gasteiger partial charge in [0.15, 0.2) is 4.77 Å². The molecule has 0 N–H and O–H groups in total. The van der Waals surface area contributed by atoms with Crippen molar-refractivity contribution in [1.82, 2.24) is 19.2 Å². The summed E-state index contributed by atoms with van der Waals surface area (Å²) in [5.74, 6) is 0.0737. The van der Waals surface area contributed by atoms with Crippen molar-refractivity contribution < 1.29 is 13.9 Å². The molecule has 9 heteroatoms. The second-order valence-corrected chi connectivity index (χ2v) is 6.83. The van der Waals surface area contributed by atoms with Crippen LogP contribution in [0.3, 0.4) is 0 Å². The molecule has 1 aromatic heterocycles. The summed E-state index contributed by atoms with van der Waals surface area (Å²) in [6, 6.07) is 6.59. The first-order valence-electron chi connectivity index (χ1n) is 8.99. The van der Waals surface area contributed by atoms with Crippen LogP contribution < -0.4 is 4.90 Å². The average molecular weight is 393 g/mol.